The molecule has 0 heterocycles. The van der Waals surface area contributed by atoms with Gasteiger partial charge in [0.1, 0.15) is 6.61 Å². The monoisotopic (exact) mass is 152 g/mol. The Kier molecular flexibility index (Phi) is 3.30. The Morgan fingerprint density at radius 1 is 1.56 bits per heavy atom. The van der Waals surface area contributed by atoms with Gasteiger partial charge in [0.2, 0.25) is 11.6 Å². The fraction of sp³-hybridized carbons (Fsp3) is 0.667. The van der Waals surface area contributed by atoms with Crippen LogP contribution in [0.1, 0.15) is 0 Å². The van der Waals surface area contributed by atoms with E-state index in [0.717, 1.165) is 0 Å². The van der Waals surface area contributed by atoms with Gasteiger partial charge in [0, 0.05) is 0 Å². The molecule has 0 bridgehead atoms. The van der Waals surface area contributed by atoms with Crippen molar-refractivity contribution in [2.75, 3.05) is 6.61 Å². The van der Waals surface area contributed by atoms with Crippen molar-refractivity contribution < 1.29 is 24.1 Å². The molecule has 0 rings (SSSR count). The molecule has 0 aromatic heterocycles. The molecule has 52 valence electrons. The van der Waals surface area contributed by atoms with E-state index in [1.165, 1.54) is 0 Å². The van der Waals surface area contributed by atoms with Crippen molar-refractivity contribution in [2.24, 2.45) is 0 Å². The Bertz CT molecular complexity index is 163. The molecule has 0 fully saturated rings. The van der Waals surface area contributed by atoms with Gasteiger partial charge in [0.25, 0.3) is 0 Å². The zero-order valence-corrected chi connectivity index (χ0v) is 5.25. The van der Waals surface area contributed by atoms with Crippen molar-refractivity contribution in [2.45, 2.75) is 5.85 Å². The Morgan fingerprint density at radius 3 is 2.11 bits per heavy atom. The van der Waals surface area contributed by atoms with Crippen LogP contribution in [0.15, 0.2) is 0 Å². The number of hydrogen-bond donors (Lipinski definition) is 2. The third-order valence-electron chi connectivity index (χ3n) is 0.644. The van der Waals surface area contributed by atoms with E-state index in [4.69, 9.17) is 10.2 Å². The Hall–Kier alpha value is -0.510. The summed E-state index contributed by atoms with van der Waals surface area (Å²) in [6, 6.07) is 0. The summed E-state index contributed by atoms with van der Waals surface area (Å²) in [5.41, 5.74) is 0. The molecule has 0 aliphatic rings. The molecule has 0 aliphatic heterocycles. The van der Waals surface area contributed by atoms with E-state index >= 15 is 0 Å². The number of Topliss-reactive ketones (excluding diaryl/α,β-unsaturated/α-hetero) is 1. The number of rotatable bonds is 3. The lowest BCUT2D eigenvalue weighted by Crippen LogP contribution is -2.17. The highest BCUT2D eigenvalue weighted by atomic mass is 31.1. The van der Waals surface area contributed by atoms with Gasteiger partial charge in [-0.05, 0) is 0 Å². The molecule has 0 saturated carbocycles. The van der Waals surface area contributed by atoms with Gasteiger partial charge >= 0.3 is 7.68 Å². The maximum absolute atomic E-state index is 10.1. The van der Waals surface area contributed by atoms with Crippen molar-refractivity contribution in [1.29, 1.82) is 0 Å². The van der Waals surface area contributed by atoms with Gasteiger partial charge in [-0.2, -0.15) is 0 Å². The molecule has 0 aliphatic carbocycles. The van der Waals surface area contributed by atoms with Crippen LogP contribution in [0.3, 0.4) is 0 Å². The SMILES string of the molecule is O=C(CO)C(O)P(=O)=O. The van der Waals surface area contributed by atoms with E-state index in [-0.39, 0.29) is 0 Å². The summed E-state index contributed by atoms with van der Waals surface area (Å²) in [5, 5.41) is 16.3. The summed E-state index contributed by atoms with van der Waals surface area (Å²) < 4.78 is 19.5. The van der Waals surface area contributed by atoms with Gasteiger partial charge in [0.15, 0.2) is 0 Å². The minimum Gasteiger partial charge on any atom is -0.388 e. The van der Waals surface area contributed by atoms with Gasteiger partial charge < -0.3 is 10.2 Å². The molecule has 1 unspecified atom stereocenters. The van der Waals surface area contributed by atoms with Crippen LogP contribution in [0.25, 0.3) is 0 Å². The Labute approximate surface area is 51.1 Å². The average molecular weight is 152 g/mol. The topological polar surface area (TPSA) is 91.7 Å². The lowest BCUT2D eigenvalue weighted by atomic mass is 10.4. The maximum atomic E-state index is 10.1. The van der Waals surface area contributed by atoms with Crippen LogP contribution in [-0.2, 0) is 13.9 Å². The molecule has 9 heavy (non-hydrogen) atoms. The van der Waals surface area contributed by atoms with E-state index in [1.807, 2.05) is 0 Å². The molecular formula is C3H5O5P. The highest BCUT2D eigenvalue weighted by Gasteiger charge is 2.18. The Balaban J connectivity index is 4.04. The first-order valence-corrected chi connectivity index (χ1v) is 3.29. The van der Waals surface area contributed by atoms with Crippen LogP contribution in [0.4, 0.5) is 0 Å². The van der Waals surface area contributed by atoms with Crippen molar-refractivity contribution in [3.05, 3.63) is 0 Å². The third-order valence-corrected chi connectivity index (χ3v) is 1.33. The molecule has 0 saturated heterocycles. The fourth-order valence-electron chi connectivity index (χ4n) is 0.199. The van der Waals surface area contributed by atoms with E-state index in [0.29, 0.717) is 0 Å². The molecule has 1 atom stereocenters. The summed E-state index contributed by atoms with van der Waals surface area (Å²) >= 11 is 0. The molecule has 0 aromatic carbocycles. The van der Waals surface area contributed by atoms with Gasteiger partial charge in [-0.1, -0.05) is 0 Å². The van der Waals surface area contributed by atoms with Crippen LogP contribution in [0.5, 0.6) is 0 Å². The first-order valence-electron chi connectivity index (χ1n) is 2.04. The zero-order chi connectivity index (χ0) is 7.44. The van der Waals surface area contributed by atoms with Crippen LogP contribution >= 0.6 is 7.68 Å². The van der Waals surface area contributed by atoms with Crippen molar-refractivity contribution in [3.63, 3.8) is 0 Å². The number of aliphatic hydroxyl groups is 2. The maximum Gasteiger partial charge on any atom is 0.352 e. The molecule has 5 nitrogen and oxygen atoms in total. The third kappa shape index (κ3) is 2.51. The van der Waals surface area contributed by atoms with E-state index in [2.05, 4.69) is 0 Å². The molecule has 0 radical (unpaired) electrons. The second-order valence-electron chi connectivity index (χ2n) is 1.28. The van der Waals surface area contributed by atoms with Gasteiger partial charge in [-0.3, -0.25) is 4.79 Å². The highest BCUT2D eigenvalue weighted by molar-refractivity contribution is 7.32. The minimum absolute atomic E-state index is 0.954. The standard InChI is InChI=1S/C3H5O5P/c4-1-2(5)3(6)9(7)8/h3-4,6H,1H2. The molecule has 0 aromatic rings. The van der Waals surface area contributed by atoms with Crippen molar-refractivity contribution in [1.82, 2.24) is 0 Å². The largest absolute Gasteiger partial charge is 0.388 e. The summed E-state index contributed by atoms with van der Waals surface area (Å²) in [6.45, 7) is -0.954. The smallest absolute Gasteiger partial charge is 0.352 e. The number of hydrogen-bond acceptors (Lipinski definition) is 5. The quantitative estimate of drug-likeness (QED) is 0.508. The predicted octanol–water partition coefficient (Wildman–Crippen LogP) is -0.961. The van der Waals surface area contributed by atoms with Crippen LogP contribution in [0, 0.1) is 0 Å². The van der Waals surface area contributed by atoms with E-state index < -0.39 is 25.9 Å². The van der Waals surface area contributed by atoms with Crippen LogP contribution in [-0.4, -0.2) is 28.4 Å². The average Bonchev–Trinajstić information content (AvgIpc) is 1.84. The second kappa shape index (κ2) is 3.50. The predicted molar refractivity (Wildman–Crippen MR) is 26.4 cm³/mol. The Morgan fingerprint density at radius 2 is 2.00 bits per heavy atom. The summed E-state index contributed by atoms with van der Waals surface area (Å²) in [7, 11) is -3.16. The zero-order valence-electron chi connectivity index (χ0n) is 4.35. The van der Waals surface area contributed by atoms with Crippen molar-refractivity contribution >= 4 is 13.5 Å². The van der Waals surface area contributed by atoms with Crippen LogP contribution < -0.4 is 0 Å². The van der Waals surface area contributed by atoms with Crippen molar-refractivity contribution in [3.8, 4) is 0 Å². The lowest BCUT2D eigenvalue weighted by molar-refractivity contribution is -0.126. The lowest BCUT2D eigenvalue weighted by Gasteiger charge is -1.92. The summed E-state index contributed by atoms with van der Waals surface area (Å²) in [6.07, 6.45) is 0. The van der Waals surface area contributed by atoms with Crippen LogP contribution in [0.2, 0.25) is 0 Å². The number of carbonyl (C=O) groups is 1. The molecule has 0 spiro atoms. The van der Waals surface area contributed by atoms with E-state index in [1.54, 1.807) is 0 Å². The number of carbonyl (C=O) groups excluding carboxylic acids is 1. The molecule has 0 amide bonds. The number of ketones is 1. The summed E-state index contributed by atoms with van der Waals surface area (Å²) in [4.78, 5) is 10.1. The molecular weight excluding hydrogens is 147 g/mol. The molecule has 2 N–H and O–H groups in total. The second-order valence-corrected chi connectivity index (χ2v) is 2.34. The summed E-state index contributed by atoms with van der Waals surface area (Å²) in [5.74, 6) is -3.16. The minimum atomic E-state index is -3.16. The molecule has 6 heteroatoms. The van der Waals surface area contributed by atoms with E-state index in [9.17, 15) is 13.9 Å². The first kappa shape index (κ1) is 8.49. The highest BCUT2D eigenvalue weighted by Crippen LogP contribution is 2.10. The fourth-order valence-corrected chi connectivity index (χ4v) is 0.516. The normalized spacial score (nSPS) is 12.7. The number of aliphatic hydroxyl groups excluding tert-OH is 2. The first-order chi connectivity index (χ1) is 4.09. The van der Waals surface area contributed by atoms with Gasteiger partial charge in [-0.25, -0.2) is 9.13 Å². The van der Waals surface area contributed by atoms with Gasteiger partial charge in [-0.15, -0.1) is 0 Å². The van der Waals surface area contributed by atoms with Gasteiger partial charge in [0.05, 0.1) is 0 Å².